The van der Waals surface area contributed by atoms with Crippen LogP contribution in [-0.2, 0) is 6.42 Å². The molecule has 0 amide bonds. The summed E-state index contributed by atoms with van der Waals surface area (Å²) in [7, 11) is 1.61. The van der Waals surface area contributed by atoms with E-state index in [1.807, 2.05) is 12.1 Å². The van der Waals surface area contributed by atoms with Crippen LogP contribution >= 0.6 is 0 Å². The minimum atomic E-state index is 0.605. The van der Waals surface area contributed by atoms with Gasteiger partial charge in [-0.1, -0.05) is 5.16 Å². The number of methoxy groups -OCH3 is 1. The van der Waals surface area contributed by atoms with Crippen LogP contribution in [0.3, 0.4) is 0 Å². The lowest BCUT2D eigenvalue weighted by atomic mass is 10.2. The number of hydrogen-bond donors (Lipinski definition) is 2. The van der Waals surface area contributed by atoms with Crippen molar-refractivity contribution < 1.29 is 9.26 Å². The van der Waals surface area contributed by atoms with E-state index in [0.717, 1.165) is 11.4 Å². The highest BCUT2D eigenvalue weighted by atomic mass is 16.5. The lowest BCUT2D eigenvalue weighted by Gasteiger charge is -2.08. The molecule has 0 radical (unpaired) electrons. The van der Waals surface area contributed by atoms with Gasteiger partial charge in [0.15, 0.2) is 6.33 Å². The van der Waals surface area contributed by atoms with E-state index >= 15 is 0 Å². The zero-order valence-electron chi connectivity index (χ0n) is 9.51. The van der Waals surface area contributed by atoms with Crippen molar-refractivity contribution in [2.45, 2.75) is 6.42 Å². The maximum atomic E-state index is 5.74. The van der Waals surface area contributed by atoms with Crippen molar-refractivity contribution in [2.24, 2.45) is 0 Å². The topological polar surface area (TPSA) is 86.2 Å². The minimum Gasteiger partial charge on any atom is -0.497 e. The lowest BCUT2D eigenvalue weighted by Crippen LogP contribution is -2.05. The molecular formula is C11H14N4O2. The monoisotopic (exact) mass is 234 g/mol. The first-order chi connectivity index (χ1) is 8.28. The van der Waals surface area contributed by atoms with Gasteiger partial charge in [0.1, 0.15) is 5.75 Å². The van der Waals surface area contributed by atoms with E-state index in [1.165, 1.54) is 6.33 Å². The molecule has 6 heteroatoms. The normalized spacial score (nSPS) is 10.2. The number of hydrogen-bond acceptors (Lipinski definition) is 6. The zero-order chi connectivity index (χ0) is 12.1. The summed E-state index contributed by atoms with van der Waals surface area (Å²) in [5, 5.41) is 6.75. The van der Waals surface area contributed by atoms with Crippen LogP contribution in [0.2, 0.25) is 0 Å². The van der Waals surface area contributed by atoms with Crippen LogP contribution in [0.25, 0.3) is 0 Å². The zero-order valence-corrected chi connectivity index (χ0v) is 9.51. The number of nitrogen functional groups attached to an aromatic ring is 1. The van der Waals surface area contributed by atoms with Gasteiger partial charge in [0, 0.05) is 36.5 Å². The Balaban J connectivity index is 1.92. The molecule has 0 aliphatic rings. The molecule has 0 unspecified atom stereocenters. The van der Waals surface area contributed by atoms with E-state index in [9.17, 15) is 0 Å². The second-order valence-electron chi connectivity index (χ2n) is 3.51. The summed E-state index contributed by atoms with van der Waals surface area (Å²) >= 11 is 0. The molecule has 17 heavy (non-hydrogen) atoms. The van der Waals surface area contributed by atoms with Gasteiger partial charge < -0.3 is 20.3 Å². The van der Waals surface area contributed by atoms with E-state index in [4.69, 9.17) is 15.0 Å². The van der Waals surface area contributed by atoms with Gasteiger partial charge in [-0.15, -0.1) is 0 Å². The molecule has 0 saturated carbocycles. The predicted octanol–water partition coefficient (Wildman–Crippen LogP) is 1.31. The van der Waals surface area contributed by atoms with Crippen molar-refractivity contribution in [3.05, 3.63) is 30.4 Å². The third-order valence-electron chi connectivity index (χ3n) is 2.24. The highest BCUT2D eigenvalue weighted by Crippen LogP contribution is 2.21. The molecule has 0 bridgehead atoms. The Bertz CT molecular complexity index is 470. The fourth-order valence-corrected chi connectivity index (χ4v) is 1.46. The van der Waals surface area contributed by atoms with Gasteiger partial charge in [0.25, 0.3) is 0 Å². The van der Waals surface area contributed by atoms with Crippen LogP contribution in [0.5, 0.6) is 5.75 Å². The first kappa shape index (κ1) is 11.3. The molecule has 1 aromatic carbocycles. The number of ether oxygens (including phenoxy) is 1. The van der Waals surface area contributed by atoms with Gasteiger partial charge in [-0.25, -0.2) is 0 Å². The van der Waals surface area contributed by atoms with Crippen molar-refractivity contribution in [1.82, 2.24) is 10.1 Å². The van der Waals surface area contributed by atoms with Crippen molar-refractivity contribution >= 4 is 11.4 Å². The van der Waals surface area contributed by atoms with Crippen LogP contribution < -0.4 is 15.8 Å². The van der Waals surface area contributed by atoms with Crippen LogP contribution in [0.1, 0.15) is 5.89 Å². The Kier molecular flexibility index (Phi) is 3.44. The minimum absolute atomic E-state index is 0.605. The fraction of sp³-hybridized carbons (Fsp3) is 0.273. The maximum absolute atomic E-state index is 5.74. The molecule has 0 aliphatic heterocycles. The van der Waals surface area contributed by atoms with E-state index < -0.39 is 0 Å². The maximum Gasteiger partial charge on any atom is 0.228 e. The van der Waals surface area contributed by atoms with Crippen LogP contribution in [-0.4, -0.2) is 23.8 Å². The molecule has 2 rings (SSSR count). The Morgan fingerprint density at radius 3 is 3.00 bits per heavy atom. The second-order valence-corrected chi connectivity index (χ2v) is 3.51. The van der Waals surface area contributed by atoms with Crippen LogP contribution in [0.15, 0.2) is 29.0 Å². The molecule has 2 aromatic rings. The van der Waals surface area contributed by atoms with Gasteiger partial charge in [-0.3, -0.25) is 0 Å². The molecule has 1 aromatic heterocycles. The molecule has 0 aliphatic carbocycles. The Labute approximate surface area is 98.8 Å². The number of benzene rings is 1. The lowest BCUT2D eigenvalue weighted by molar-refractivity contribution is 0.380. The molecule has 1 heterocycles. The molecule has 0 fully saturated rings. The Hall–Kier alpha value is -2.24. The van der Waals surface area contributed by atoms with Crippen molar-refractivity contribution in [1.29, 1.82) is 0 Å². The highest BCUT2D eigenvalue weighted by molar-refractivity contribution is 5.59. The largest absolute Gasteiger partial charge is 0.497 e. The number of nitrogens with two attached hydrogens (primary N) is 1. The summed E-state index contributed by atoms with van der Waals surface area (Å²) < 4.78 is 10.0. The summed E-state index contributed by atoms with van der Waals surface area (Å²) in [6.45, 7) is 0.689. The van der Waals surface area contributed by atoms with E-state index in [-0.39, 0.29) is 0 Å². The number of nitrogens with zero attached hydrogens (tertiary/aromatic N) is 2. The number of rotatable bonds is 5. The van der Waals surface area contributed by atoms with Crippen molar-refractivity contribution in [3.63, 3.8) is 0 Å². The van der Waals surface area contributed by atoms with Crippen LogP contribution in [0.4, 0.5) is 11.4 Å². The quantitative estimate of drug-likeness (QED) is 0.759. The SMILES string of the molecule is COc1cc(N)cc(NCCc2ncno2)c1. The molecule has 6 nitrogen and oxygen atoms in total. The highest BCUT2D eigenvalue weighted by Gasteiger charge is 2.01. The standard InChI is InChI=1S/C11H14N4O2/c1-16-10-5-8(12)4-9(6-10)13-3-2-11-14-7-15-17-11/h4-7,13H,2-3,12H2,1H3. The second kappa shape index (κ2) is 5.20. The first-order valence-corrected chi connectivity index (χ1v) is 5.22. The van der Waals surface area contributed by atoms with Gasteiger partial charge in [-0.2, -0.15) is 4.98 Å². The summed E-state index contributed by atoms with van der Waals surface area (Å²) in [6, 6.07) is 5.49. The van der Waals surface area contributed by atoms with E-state index in [0.29, 0.717) is 24.5 Å². The third kappa shape index (κ3) is 3.10. The van der Waals surface area contributed by atoms with E-state index in [1.54, 1.807) is 13.2 Å². The van der Waals surface area contributed by atoms with Crippen molar-refractivity contribution in [2.75, 3.05) is 24.7 Å². The molecule has 0 spiro atoms. The Morgan fingerprint density at radius 2 is 2.29 bits per heavy atom. The molecule has 3 N–H and O–H groups in total. The first-order valence-electron chi connectivity index (χ1n) is 5.22. The average molecular weight is 234 g/mol. The molecule has 0 saturated heterocycles. The molecular weight excluding hydrogens is 220 g/mol. The van der Waals surface area contributed by atoms with Crippen molar-refractivity contribution in [3.8, 4) is 5.75 Å². The predicted molar refractivity (Wildman–Crippen MR) is 63.9 cm³/mol. The molecule has 0 atom stereocenters. The summed E-state index contributed by atoms with van der Waals surface area (Å²) in [6.07, 6.45) is 2.05. The van der Waals surface area contributed by atoms with Gasteiger partial charge >= 0.3 is 0 Å². The smallest absolute Gasteiger partial charge is 0.228 e. The summed E-state index contributed by atoms with van der Waals surface area (Å²) in [5.74, 6) is 1.33. The van der Waals surface area contributed by atoms with Crippen LogP contribution in [0, 0.1) is 0 Å². The van der Waals surface area contributed by atoms with Gasteiger partial charge in [-0.05, 0) is 6.07 Å². The molecule has 90 valence electrons. The fourth-order valence-electron chi connectivity index (χ4n) is 1.46. The Morgan fingerprint density at radius 1 is 1.41 bits per heavy atom. The summed E-state index contributed by atoms with van der Waals surface area (Å²) in [4.78, 5) is 3.93. The number of anilines is 2. The summed E-state index contributed by atoms with van der Waals surface area (Å²) in [5.41, 5.74) is 7.30. The van der Waals surface area contributed by atoms with E-state index in [2.05, 4.69) is 15.5 Å². The average Bonchev–Trinajstić information content (AvgIpc) is 2.81. The number of nitrogens with one attached hydrogen (secondary N) is 1. The van der Waals surface area contributed by atoms with Gasteiger partial charge in [0.2, 0.25) is 5.89 Å². The van der Waals surface area contributed by atoms with Gasteiger partial charge in [0.05, 0.1) is 7.11 Å². The number of aromatic nitrogens is 2. The third-order valence-corrected chi connectivity index (χ3v) is 2.24.